The van der Waals surface area contributed by atoms with Crippen LogP contribution in [0.15, 0.2) is 77.3 Å². The third kappa shape index (κ3) is 2.54. The molecule has 0 aromatic heterocycles. The zero-order chi connectivity index (χ0) is 13.9. The minimum absolute atomic E-state index is 1.13. The molecule has 0 heterocycles. The summed E-state index contributed by atoms with van der Waals surface area (Å²) in [6.45, 7) is 2.11. The first-order chi connectivity index (χ1) is 9.75. The summed E-state index contributed by atoms with van der Waals surface area (Å²) >= 11 is 3.70. The predicted molar refractivity (Wildman–Crippen MR) is 89.8 cm³/mol. The molecule has 0 bridgehead atoms. The molecular formula is C19H15Br. The molecule has 0 aliphatic carbocycles. The van der Waals surface area contributed by atoms with Gasteiger partial charge < -0.3 is 0 Å². The van der Waals surface area contributed by atoms with Crippen LogP contribution in [0, 0.1) is 6.92 Å². The normalized spacial score (nSPS) is 10.5. The Morgan fingerprint density at radius 3 is 2.05 bits per heavy atom. The Labute approximate surface area is 128 Å². The van der Waals surface area contributed by atoms with Crippen LogP contribution in [0.1, 0.15) is 5.56 Å². The van der Waals surface area contributed by atoms with Crippen molar-refractivity contribution in [1.82, 2.24) is 0 Å². The van der Waals surface area contributed by atoms with Crippen molar-refractivity contribution in [2.24, 2.45) is 0 Å². The molecule has 3 aromatic carbocycles. The average molecular weight is 323 g/mol. The first kappa shape index (κ1) is 13.1. The highest BCUT2D eigenvalue weighted by molar-refractivity contribution is 9.10. The van der Waals surface area contributed by atoms with E-state index in [1.807, 2.05) is 6.07 Å². The Bertz CT molecular complexity index is 713. The molecule has 1 heteroatoms. The molecule has 0 saturated carbocycles. The molecule has 0 unspecified atom stereocenters. The highest BCUT2D eigenvalue weighted by Gasteiger charge is 2.10. The van der Waals surface area contributed by atoms with Gasteiger partial charge in [-0.1, -0.05) is 88.2 Å². The molecule has 0 radical (unpaired) electrons. The van der Waals surface area contributed by atoms with Crippen molar-refractivity contribution in [2.45, 2.75) is 6.92 Å². The molecule has 0 nitrogen and oxygen atoms in total. The van der Waals surface area contributed by atoms with Gasteiger partial charge in [0.25, 0.3) is 0 Å². The molecule has 3 aromatic rings. The zero-order valence-corrected chi connectivity index (χ0v) is 12.9. The van der Waals surface area contributed by atoms with E-state index in [2.05, 4.69) is 89.6 Å². The van der Waals surface area contributed by atoms with Gasteiger partial charge in [0, 0.05) is 10.0 Å². The van der Waals surface area contributed by atoms with Gasteiger partial charge in [-0.15, -0.1) is 0 Å². The Morgan fingerprint density at radius 1 is 0.650 bits per heavy atom. The minimum atomic E-state index is 1.13. The van der Waals surface area contributed by atoms with E-state index in [4.69, 9.17) is 0 Å². The van der Waals surface area contributed by atoms with E-state index in [1.165, 1.54) is 27.8 Å². The predicted octanol–water partition coefficient (Wildman–Crippen LogP) is 6.09. The third-order valence-electron chi connectivity index (χ3n) is 3.44. The van der Waals surface area contributed by atoms with E-state index in [0.29, 0.717) is 0 Å². The largest absolute Gasteiger partial charge is 0.0622 e. The number of hydrogen-bond acceptors (Lipinski definition) is 0. The van der Waals surface area contributed by atoms with Crippen molar-refractivity contribution in [1.29, 1.82) is 0 Å². The van der Waals surface area contributed by atoms with Crippen molar-refractivity contribution >= 4 is 15.9 Å². The maximum atomic E-state index is 3.70. The van der Waals surface area contributed by atoms with Crippen LogP contribution < -0.4 is 0 Å². The summed E-state index contributed by atoms with van der Waals surface area (Å²) in [7, 11) is 0. The van der Waals surface area contributed by atoms with Crippen molar-refractivity contribution < 1.29 is 0 Å². The summed E-state index contributed by atoms with van der Waals surface area (Å²) in [5.74, 6) is 0. The topological polar surface area (TPSA) is 0 Å². The highest BCUT2D eigenvalue weighted by atomic mass is 79.9. The van der Waals surface area contributed by atoms with Crippen molar-refractivity contribution in [3.8, 4) is 22.3 Å². The summed E-state index contributed by atoms with van der Waals surface area (Å²) in [4.78, 5) is 0. The van der Waals surface area contributed by atoms with Gasteiger partial charge in [-0.25, -0.2) is 0 Å². The summed E-state index contributed by atoms with van der Waals surface area (Å²) in [5, 5.41) is 0. The lowest BCUT2D eigenvalue weighted by Crippen LogP contribution is -1.87. The van der Waals surface area contributed by atoms with Gasteiger partial charge in [0.2, 0.25) is 0 Å². The Morgan fingerprint density at radius 2 is 1.35 bits per heavy atom. The first-order valence-electron chi connectivity index (χ1n) is 6.67. The number of hydrogen-bond donors (Lipinski definition) is 0. The van der Waals surface area contributed by atoms with E-state index in [0.717, 1.165) is 4.47 Å². The maximum Gasteiger partial charge on any atom is 0.0259 e. The second-order valence-corrected chi connectivity index (χ2v) is 5.75. The molecule has 0 fully saturated rings. The lowest BCUT2D eigenvalue weighted by atomic mass is 9.94. The zero-order valence-electron chi connectivity index (χ0n) is 11.3. The fraction of sp³-hybridized carbons (Fsp3) is 0.0526. The van der Waals surface area contributed by atoms with Gasteiger partial charge in [-0.3, -0.25) is 0 Å². The van der Waals surface area contributed by atoms with Crippen LogP contribution in [0.5, 0.6) is 0 Å². The number of benzene rings is 3. The average Bonchev–Trinajstić information content (AvgIpc) is 2.49. The molecule has 0 atom stereocenters. The van der Waals surface area contributed by atoms with Crippen LogP contribution in [0.3, 0.4) is 0 Å². The maximum absolute atomic E-state index is 3.70. The smallest absolute Gasteiger partial charge is 0.0259 e. The van der Waals surface area contributed by atoms with Gasteiger partial charge in [0.05, 0.1) is 0 Å². The Kier molecular flexibility index (Phi) is 3.70. The minimum Gasteiger partial charge on any atom is -0.0622 e. The standard InChI is InChI=1S/C19H15Br/c1-14-10-12-15(13-11-14)17-8-5-9-18(20)19(17)16-6-3-2-4-7-16/h2-13H,1H3. The van der Waals surface area contributed by atoms with Crippen molar-refractivity contribution in [2.75, 3.05) is 0 Å². The van der Waals surface area contributed by atoms with E-state index < -0.39 is 0 Å². The molecule has 0 aliphatic rings. The molecular weight excluding hydrogens is 308 g/mol. The molecule has 20 heavy (non-hydrogen) atoms. The SMILES string of the molecule is Cc1ccc(-c2cccc(Br)c2-c2ccccc2)cc1. The summed E-state index contributed by atoms with van der Waals surface area (Å²) in [6.07, 6.45) is 0. The first-order valence-corrected chi connectivity index (χ1v) is 7.46. The second-order valence-electron chi connectivity index (χ2n) is 4.89. The lowest BCUT2D eigenvalue weighted by Gasteiger charge is -2.12. The third-order valence-corrected chi connectivity index (χ3v) is 4.10. The van der Waals surface area contributed by atoms with Crippen LogP contribution in [0.2, 0.25) is 0 Å². The fourth-order valence-electron chi connectivity index (χ4n) is 2.40. The molecule has 0 N–H and O–H groups in total. The van der Waals surface area contributed by atoms with Crippen LogP contribution in [0.25, 0.3) is 22.3 Å². The fourth-order valence-corrected chi connectivity index (χ4v) is 2.99. The quantitative estimate of drug-likeness (QED) is 0.535. The number of rotatable bonds is 2. The van der Waals surface area contributed by atoms with E-state index >= 15 is 0 Å². The Balaban J connectivity index is 2.22. The summed E-state index contributed by atoms with van der Waals surface area (Å²) in [5.41, 5.74) is 6.26. The van der Waals surface area contributed by atoms with Crippen LogP contribution in [0.4, 0.5) is 0 Å². The van der Waals surface area contributed by atoms with E-state index in [9.17, 15) is 0 Å². The number of aryl methyl sites for hydroxylation is 1. The van der Waals surface area contributed by atoms with E-state index in [1.54, 1.807) is 0 Å². The molecule has 3 rings (SSSR count). The van der Waals surface area contributed by atoms with E-state index in [-0.39, 0.29) is 0 Å². The van der Waals surface area contributed by atoms with Crippen molar-refractivity contribution in [3.05, 3.63) is 82.8 Å². The summed E-state index contributed by atoms with van der Waals surface area (Å²) < 4.78 is 1.13. The molecule has 0 saturated heterocycles. The van der Waals surface area contributed by atoms with Gasteiger partial charge in [0.1, 0.15) is 0 Å². The van der Waals surface area contributed by atoms with Crippen LogP contribution in [-0.4, -0.2) is 0 Å². The number of halogens is 1. The van der Waals surface area contributed by atoms with Gasteiger partial charge in [0.15, 0.2) is 0 Å². The molecule has 98 valence electrons. The van der Waals surface area contributed by atoms with Gasteiger partial charge in [-0.2, -0.15) is 0 Å². The Hall–Kier alpha value is -1.86. The van der Waals surface area contributed by atoms with Crippen LogP contribution >= 0.6 is 15.9 Å². The highest BCUT2D eigenvalue weighted by Crippen LogP contribution is 2.37. The van der Waals surface area contributed by atoms with Crippen molar-refractivity contribution in [3.63, 3.8) is 0 Å². The second kappa shape index (κ2) is 5.64. The molecule has 0 aliphatic heterocycles. The monoisotopic (exact) mass is 322 g/mol. The van der Waals surface area contributed by atoms with Gasteiger partial charge in [-0.05, 0) is 29.7 Å². The lowest BCUT2D eigenvalue weighted by molar-refractivity contribution is 1.46. The molecule has 0 amide bonds. The summed E-state index contributed by atoms with van der Waals surface area (Å²) in [6, 6.07) is 25.6. The molecule has 0 spiro atoms. The van der Waals surface area contributed by atoms with Gasteiger partial charge >= 0.3 is 0 Å². The van der Waals surface area contributed by atoms with Crippen LogP contribution in [-0.2, 0) is 0 Å².